The summed E-state index contributed by atoms with van der Waals surface area (Å²) in [6, 6.07) is 52.8. The van der Waals surface area contributed by atoms with E-state index in [9.17, 15) is 8.22 Å². The van der Waals surface area contributed by atoms with Gasteiger partial charge in [-0.3, -0.25) is 0 Å². The number of benzene rings is 16. The minimum absolute atomic E-state index is 0.0625. The molecule has 0 spiro atoms. The summed E-state index contributed by atoms with van der Waals surface area (Å²) in [6.45, 7) is 0. The van der Waals surface area contributed by atoms with E-state index in [1.807, 2.05) is 194 Å². The molecule has 0 N–H and O–H groups in total. The molecule has 0 fully saturated rings. The molecule has 0 amide bonds. The van der Waals surface area contributed by atoms with Crippen LogP contribution in [0.3, 0.4) is 0 Å². The molecular formula is C88H56O2. The highest BCUT2D eigenvalue weighted by molar-refractivity contribution is 6.24. The van der Waals surface area contributed by atoms with Gasteiger partial charge in [-0.15, -0.1) is 0 Å². The van der Waals surface area contributed by atoms with Gasteiger partial charge in [-0.2, -0.15) is 0 Å². The predicted octanol–water partition coefficient (Wildman–Crippen LogP) is 25.1. The van der Waals surface area contributed by atoms with Gasteiger partial charge in [0.2, 0.25) is 0 Å². The van der Waals surface area contributed by atoms with Crippen molar-refractivity contribution in [2.24, 2.45) is 0 Å². The molecule has 0 bridgehead atoms. The normalized spacial score (nSPS) is 15.0. The highest BCUT2D eigenvalue weighted by atomic mass is 16.3. The minimum Gasteiger partial charge on any atom is -0.456 e. The van der Waals surface area contributed by atoms with Gasteiger partial charge in [-0.05, 0) is 169 Å². The first-order valence-corrected chi connectivity index (χ1v) is 29.1. The van der Waals surface area contributed by atoms with E-state index in [1.165, 1.54) is 0 Å². The van der Waals surface area contributed by atoms with Crippen LogP contribution in [0.4, 0.5) is 0 Å². The van der Waals surface area contributed by atoms with Crippen LogP contribution in [-0.2, 0) is 0 Å². The summed E-state index contributed by atoms with van der Waals surface area (Å²) in [6.07, 6.45) is 0. The number of hydrogen-bond acceptors (Lipinski definition) is 2. The van der Waals surface area contributed by atoms with Crippen LogP contribution in [0.5, 0.6) is 0 Å². The maximum absolute atomic E-state index is 9.35. The predicted molar refractivity (Wildman–Crippen MR) is 381 cm³/mol. The fourth-order valence-electron chi connectivity index (χ4n) is 12.9. The lowest BCUT2D eigenvalue weighted by Crippen LogP contribution is -1.92. The van der Waals surface area contributed by atoms with Crippen molar-refractivity contribution < 1.29 is 39.0 Å². The Morgan fingerprint density at radius 3 is 1.16 bits per heavy atom. The van der Waals surface area contributed by atoms with Crippen molar-refractivity contribution in [1.29, 1.82) is 0 Å². The second-order valence-corrected chi connectivity index (χ2v) is 21.6. The molecule has 0 radical (unpaired) electrons. The molecule has 18 aromatic rings. The van der Waals surface area contributed by atoms with Gasteiger partial charge in [-0.25, -0.2) is 0 Å². The van der Waals surface area contributed by atoms with Crippen LogP contribution in [0.1, 0.15) is 30.2 Å². The van der Waals surface area contributed by atoms with E-state index in [0.717, 1.165) is 71.7 Å². The van der Waals surface area contributed by atoms with Crippen LogP contribution < -0.4 is 0 Å². The molecule has 18 rings (SSSR count). The van der Waals surface area contributed by atoms with E-state index >= 15 is 0 Å². The summed E-state index contributed by atoms with van der Waals surface area (Å²) >= 11 is 0. The summed E-state index contributed by atoms with van der Waals surface area (Å²) in [5, 5.41) is 4.14. The van der Waals surface area contributed by atoms with Gasteiger partial charge in [0.25, 0.3) is 0 Å². The van der Waals surface area contributed by atoms with Gasteiger partial charge < -0.3 is 8.83 Å². The molecular weight excluding hydrogens is 1090 g/mol. The topological polar surface area (TPSA) is 26.3 Å². The SMILES string of the molecule is [2H]c1c([2H])c([2H])c(-c2c3c([2H])c([2H])c([2H])c([2H])c3c(-c3cccc(-c4c(-c5ccccc5)ccc5oc6ccccc6c45)c3)c3c([2H])c([2H])c([2H])c([2H])c23)c([2H])c1[2H].[2H]c1c([2H])c([2H])c(-c2c3cc(-c4ccccc4)ccc3c(-c3cccc(-c4cccc5oc6ccccc6c45)c3)c3c([2H])c([2H])c([2H])c([2H])c23)c([2H])c1[2H]. The number of furan rings is 2. The van der Waals surface area contributed by atoms with Crippen LogP contribution >= 0.6 is 0 Å². The Morgan fingerprint density at radius 1 is 0.189 bits per heavy atom. The molecule has 0 saturated carbocycles. The van der Waals surface area contributed by atoms with Crippen LogP contribution in [0.25, 0.3) is 176 Å². The van der Waals surface area contributed by atoms with Crippen molar-refractivity contribution in [2.45, 2.75) is 0 Å². The van der Waals surface area contributed by atoms with Gasteiger partial charge >= 0.3 is 0 Å². The highest BCUT2D eigenvalue weighted by Crippen LogP contribution is 2.49. The zero-order valence-electron chi connectivity index (χ0n) is 69.4. The van der Waals surface area contributed by atoms with E-state index in [0.29, 0.717) is 44.2 Å². The number of rotatable bonds is 8. The Balaban J connectivity index is 0.000000163. The zero-order chi connectivity index (χ0) is 78.6. The van der Waals surface area contributed by atoms with Gasteiger partial charge in [0.15, 0.2) is 0 Å². The van der Waals surface area contributed by atoms with Gasteiger partial charge in [0, 0.05) is 27.1 Å². The first kappa shape index (κ1) is 34.5. The molecule has 16 aromatic carbocycles. The van der Waals surface area contributed by atoms with E-state index in [4.69, 9.17) is 30.8 Å². The first-order chi connectivity index (χ1) is 53.8. The third kappa shape index (κ3) is 8.96. The number of hydrogen-bond donors (Lipinski definition) is 0. The Hall–Kier alpha value is -11.8. The molecule has 2 heteroatoms. The molecule has 0 aliphatic heterocycles. The molecule has 0 aliphatic carbocycles. The molecule has 0 aliphatic rings. The molecule has 2 heterocycles. The molecule has 0 saturated heterocycles. The smallest absolute Gasteiger partial charge is 0.136 e. The van der Waals surface area contributed by atoms with Crippen LogP contribution in [0.15, 0.2) is 348 Å². The van der Waals surface area contributed by atoms with Crippen LogP contribution in [0, 0.1) is 0 Å². The lowest BCUT2D eigenvalue weighted by molar-refractivity contribution is 0.668. The standard InChI is InChI=1S/2C44H28O/c1-3-14-29(15-4-1)33-26-27-40-44(38-24-11-12-25-39(38)45-40)43(33)32-19-13-18-31(28-32)42-36-22-9-7-20-34(36)41(30-16-5-2-6-17-30)35-21-8-10-23-37(35)42;1-3-13-29(14-4-1)31-25-26-37-39(28-31)42(30-15-5-2-6-16-30)35-19-7-8-20-36(35)43(37)33-18-11-17-32(27-33)34-22-12-24-41-44(34)38-21-9-10-23-40(38)45-41/h2*1-28H/i2D,5D,6D,7D,8D,9D,10D,16D,17D,20D,21D,22D,23D;2D,5D,6D,7D,8D,15D,16D,19D,20D. The molecule has 420 valence electrons. The largest absolute Gasteiger partial charge is 0.456 e. The Morgan fingerprint density at radius 2 is 0.589 bits per heavy atom. The molecule has 2 aromatic heterocycles. The summed E-state index contributed by atoms with van der Waals surface area (Å²) in [5.41, 5.74) is 10.4. The monoisotopic (exact) mass is 1170 g/mol. The summed E-state index contributed by atoms with van der Waals surface area (Å²) in [7, 11) is 0. The Labute approximate surface area is 552 Å². The summed E-state index contributed by atoms with van der Waals surface area (Å²) in [5.74, 6) is 0. The van der Waals surface area contributed by atoms with Gasteiger partial charge in [-0.1, -0.05) is 297 Å². The Bertz CT molecular complexity index is 7020. The van der Waals surface area contributed by atoms with Crippen molar-refractivity contribution in [2.75, 3.05) is 0 Å². The van der Waals surface area contributed by atoms with Crippen LogP contribution in [-0.4, -0.2) is 0 Å². The molecule has 0 atom stereocenters. The van der Waals surface area contributed by atoms with Crippen molar-refractivity contribution in [3.05, 3.63) is 339 Å². The fourth-order valence-corrected chi connectivity index (χ4v) is 12.9. The van der Waals surface area contributed by atoms with E-state index in [1.54, 1.807) is 12.1 Å². The molecule has 90 heavy (non-hydrogen) atoms. The second kappa shape index (κ2) is 22.1. The van der Waals surface area contributed by atoms with Crippen molar-refractivity contribution in [3.8, 4) is 89.0 Å². The lowest BCUT2D eigenvalue weighted by Gasteiger charge is -2.19. The number of para-hydroxylation sites is 2. The van der Waals surface area contributed by atoms with Gasteiger partial charge in [0.1, 0.15) is 22.3 Å². The average molecular weight is 1170 g/mol. The van der Waals surface area contributed by atoms with Gasteiger partial charge in [0.05, 0.1) is 30.2 Å². The van der Waals surface area contributed by atoms with E-state index in [2.05, 4.69) is 0 Å². The average Bonchev–Trinajstić information content (AvgIpc) is 0.897. The van der Waals surface area contributed by atoms with E-state index < -0.39 is 126 Å². The lowest BCUT2D eigenvalue weighted by atomic mass is 9.84. The molecule has 0 unspecified atom stereocenters. The Kier molecular flexibility index (Phi) is 8.49. The minimum atomic E-state index is -0.717. The summed E-state index contributed by atoms with van der Waals surface area (Å²) in [4.78, 5) is 0. The van der Waals surface area contributed by atoms with Crippen LogP contribution in [0.2, 0.25) is 0 Å². The molecule has 2 nitrogen and oxygen atoms in total. The quantitative estimate of drug-likeness (QED) is 0.142. The third-order valence-electron chi connectivity index (χ3n) is 16.7. The van der Waals surface area contributed by atoms with Crippen molar-refractivity contribution in [3.63, 3.8) is 0 Å². The summed E-state index contributed by atoms with van der Waals surface area (Å²) < 4.78 is 208. The first-order valence-electron chi connectivity index (χ1n) is 40.1. The third-order valence-corrected chi connectivity index (χ3v) is 16.7. The second-order valence-electron chi connectivity index (χ2n) is 21.6. The maximum Gasteiger partial charge on any atom is 0.136 e. The fraction of sp³-hybridized carbons (Fsp3) is 0. The number of fused-ring (bicyclic) bond motifs is 10. The zero-order valence-corrected chi connectivity index (χ0v) is 47.4. The van der Waals surface area contributed by atoms with Crippen molar-refractivity contribution in [1.82, 2.24) is 0 Å². The van der Waals surface area contributed by atoms with E-state index in [-0.39, 0.29) is 66.7 Å². The van der Waals surface area contributed by atoms with Crippen molar-refractivity contribution >= 4 is 87.0 Å². The highest BCUT2D eigenvalue weighted by Gasteiger charge is 2.23. The maximum atomic E-state index is 9.35.